The van der Waals surface area contributed by atoms with Crippen LogP contribution in [0, 0.1) is 0 Å². The monoisotopic (exact) mass is 556 g/mol. The summed E-state index contributed by atoms with van der Waals surface area (Å²) < 4.78 is 11.4. The quantitative estimate of drug-likeness (QED) is 0.297. The van der Waals surface area contributed by atoms with E-state index in [1.54, 1.807) is 54.6 Å². The molecule has 190 valence electrons. The number of amides is 3. The van der Waals surface area contributed by atoms with Crippen LogP contribution in [0.5, 0.6) is 11.5 Å². The summed E-state index contributed by atoms with van der Waals surface area (Å²) in [6.45, 7) is 2.08. The van der Waals surface area contributed by atoms with E-state index in [2.05, 4.69) is 5.32 Å². The molecule has 0 spiro atoms. The highest BCUT2D eigenvalue weighted by molar-refractivity contribution is 8.18. The number of hydrogen-bond acceptors (Lipinski definition) is 6. The summed E-state index contributed by atoms with van der Waals surface area (Å²) in [5, 5.41) is 3.13. The van der Waals surface area contributed by atoms with Crippen molar-refractivity contribution in [2.75, 3.05) is 18.5 Å². The van der Waals surface area contributed by atoms with Crippen molar-refractivity contribution in [1.29, 1.82) is 0 Å². The number of halogens is 2. The molecule has 1 saturated heterocycles. The number of nitrogens with one attached hydrogen (secondary N) is 1. The van der Waals surface area contributed by atoms with E-state index in [-0.39, 0.29) is 29.2 Å². The Morgan fingerprint density at radius 3 is 2.49 bits per heavy atom. The summed E-state index contributed by atoms with van der Waals surface area (Å²) in [5.74, 6) is 0.0824. The van der Waals surface area contributed by atoms with Crippen LogP contribution in [0.3, 0.4) is 0 Å². The molecule has 1 fully saturated rings. The summed E-state index contributed by atoms with van der Waals surface area (Å²) in [4.78, 5) is 39.1. The number of rotatable bonds is 9. The van der Waals surface area contributed by atoms with Gasteiger partial charge in [-0.05, 0) is 72.3 Å². The highest BCUT2D eigenvalue weighted by Crippen LogP contribution is 2.36. The molecule has 1 aliphatic rings. The van der Waals surface area contributed by atoms with Crippen molar-refractivity contribution in [3.63, 3.8) is 0 Å². The van der Waals surface area contributed by atoms with Crippen LogP contribution in [0.2, 0.25) is 10.0 Å². The number of carbonyl (C=O) groups is 3. The molecular weight excluding hydrogens is 535 g/mol. The molecular formula is C27H22Cl2N2O5S. The van der Waals surface area contributed by atoms with Gasteiger partial charge in [-0.15, -0.1) is 0 Å². The molecule has 3 aromatic rings. The van der Waals surface area contributed by atoms with Crippen molar-refractivity contribution < 1.29 is 23.9 Å². The maximum Gasteiger partial charge on any atom is 0.293 e. The Hall–Kier alpha value is -3.46. The minimum Gasteiger partial charge on any atom is -0.490 e. The summed E-state index contributed by atoms with van der Waals surface area (Å²) >= 11 is 12.9. The lowest BCUT2D eigenvalue weighted by Crippen LogP contribution is -2.27. The third-order valence-electron chi connectivity index (χ3n) is 5.18. The van der Waals surface area contributed by atoms with Crippen LogP contribution in [0.4, 0.5) is 10.5 Å². The van der Waals surface area contributed by atoms with Crippen LogP contribution in [0.15, 0.2) is 71.6 Å². The second kappa shape index (κ2) is 12.2. The van der Waals surface area contributed by atoms with Gasteiger partial charge in [-0.25, -0.2) is 0 Å². The fourth-order valence-corrected chi connectivity index (χ4v) is 4.63. The van der Waals surface area contributed by atoms with E-state index in [1.807, 2.05) is 25.1 Å². The standard InChI is InChI=1S/C27H22Cl2N2O5S/c1-2-35-23-13-17(9-11-22(23)36-16-25(32)30-19-6-4-3-5-7-19)14-24-26(33)31(27(34)37-24)15-18-8-10-20(28)21(29)12-18/h3-14H,2,15-16H2,1H3,(H,30,32)/b24-14-. The van der Waals surface area contributed by atoms with Crippen molar-refractivity contribution >= 4 is 63.8 Å². The largest absolute Gasteiger partial charge is 0.490 e. The topological polar surface area (TPSA) is 84.9 Å². The predicted molar refractivity (Wildman–Crippen MR) is 146 cm³/mol. The van der Waals surface area contributed by atoms with Gasteiger partial charge in [0.05, 0.1) is 28.1 Å². The first-order valence-corrected chi connectivity index (χ1v) is 12.8. The molecule has 0 saturated carbocycles. The average molecular weight is 557 g/mol. The Balaban J connectivity index is 1.45. The van der Waals surface area contributed by atoms with Gasteiger partial charge in [0.25, 0.3) is 17.1 Å². The molecule has 0 unspecified atom stereocenters. The molecule has 4 rings (SSSR count). The van der Waals surface area contributed by atoms with Crippen molar-refractivity contribution in [3.8, 4) is 11.5 Å². The van der Waals surface area contributed by atoms with E-state index < -0.39 is 5.91 Å². The number of anilines is 1. The number of imide groups is 1. The van der Waals surface area contributed by atoms with E-state index in [1.165, 1.54) is 0 Å². The van der Waals surface area contributed by atoms with Gasteiger partial charge in [0, 0.05) is 5.69 Å². The first-order valence-electron chi connectivity index (χ1n) is 11.3. The van der Waals surface area contributed by atoms with Gasteiger partial charge in [-0.2, -0.15) is 0 Å². The molecule has 0 bridgehead atoms. The molecule has 0 atom stereocenters. The Labute approximate surface area is 228 Å². The van der Waals surface area contributed by atoms with Crippen LogP contribution in [0.1, 0.15) is 18.1 Å². The maximum absolute atomic E-state index is 12.9. The molecule has 0 aromatic heterocycles. The van der Waals surface area contributed by atoms with Crippen LogP contribution < -0.4 is 14.8 Å². The third kappa shape index (κ3) is 6.85. The van der Waals surface area contributed by atoms with E-state index in [4.69, 9.17) is 32.7 Å². The molecule has 0 aliphatic carbocycles. The van der Waals surface area contributed by atoms with Crippen LogP contribution in [-0.4, -0.2) is 35.2 Å². The molecule has 10 heteroatoms. The first-order chi connectivity index (χ1) is 17.8. The zero-order valence-electron chi connectivity index (χ0n) is 19.7. The smallest absolute Gasteiger partial charge is 0.293 e. The minimum atomic E-state index is -0.406. The molecule has 7 nitrogen and oxygen atoms in total. The second-order valence-electron chi connectivity index (χ2n) is 7.86. The van der Waals surface area contributed by atoms with E-state index in [0.29, 0.717) is 45.0 Å². The summed E-state index contributed by atoms with van der Waals surface area (Å²) in [5.41, 5.74) is 2.00. The Bertz CT molecular complexity index is 1360. The SMILES string of the molecule is CCOc1cc(/C=C2\SC(=O)N(Cc3ccc(Cl)c(Cl)c3)C2=O)ccc1OCC(=O)Nc1ccccc1. The van der Waals surface area contributed by atoms with Gasteiger partial charge in [0.15, 0.2) is 18.1 Å². The first kappa shape index (κ1) is 26.6. The number of ether oxygens (including phenoxy) is 2. The van der Waals surface area contributed by atoms with E-state index >= 15 is 0 Å². The Morgan fingerprint density at radius 2 is 1.76 bits per heavy atom. The molecule has 3 amide bonds. The third-order valence-corrected chi connectivity index (χ3v) is 6.83. The zero-order chi connectivity index (χ0) is 26.4. The predicted octanol–water partition coefficient (Wildman–Crippen LogP) is 6.65. The molecule has 37 heavy (non-hydrogen) atoms. The Kier molecular flexibility index (Phi) is 8.76. The second-order valence-corrected chi connectivity index (χ2v) is 9.67. The fourth-order valence-electron chi connectivity index (χ4n) is 3.47. The van der Waals surface area contributed by atoms with Gasteiger partial charge in [-0.1, -0.05) is 53.5 Å². The van der Waals surface area contributed by atoms with Crippen molar-refractivity contribution in [1.82, 2.24) is 4.90 Å². The number of benzene rings is 3. The highest BCUT2D eigenvalue weighted by Gasteiger charge is 2.35. The van der Waals surface area contributed by atoms with E-state index in [9.17, 15) is 14.4 Å². The number of nitrogens with zero attached hydrogens (tertiary/aromatic N) is 1. The molecule has 1 N–H and O–H groups in total. The maximum atomic E-state index is 12.9. The van der Waals surface area contributed by atoms with Gasteiger partial charge >= 0.3 is 0 Å². The van der Waals surface area contributed by atoms with Gasteiger partial charge in [-0.3, -0.25) is 19.3 Å². The van der Waals surface area contributed by atoms with Crippen LogP contribution in [0.25, 0.3) is 6.08 Å². The fraction of sp³-hybridized carbons (Fsp3) is 0.148. The van der Waals surface area contributed by atoms with Crippen LogP contribution >= 0.6 is 35.0 Å². The van der Waals surface area contributed by atoms with E-state index in [0.717, 1.165) is 16.7 Å². The molecule has 1 aliphatic heterocycles. The summed E-state index contributed by atoms with van der Waals surface area (Å²) in [6, 6.07) is 19.1. The van der Waals surface area contributed by atoms with Crippen LogP contribution in [-0.2, 0) is 16.1 Å². The minimum absolute atomic E-state index is 0.0842. The molecule has 0 radical (unpaired) electrons. The van der Waals surface area contributed by atoms with Crippen molar-refractivity contribution in [2.45, 2.75) is 13.5 Å². The number of thioether (sulfide) groups is 1. The average Bonchev–Trinajstić information content (AvgIpc) is 3.14. The molecule has 1 heterocycles. The summed E-state index contributed by atoms with van der Waals surface area (Å²) in [7, 11) is 0. The van der Waals surface area contributed by atoms with Gasteiger partial charge in [0.1, 0.15) is 0 Å². The summed E-state index contributed by atoms with van der Waals surface area (Å²) in [6.07, 6.45) is 1.62. The number of carbonyl (C=O) groups excluding carboxylic acids is 3. The molecule has 3 aromatic carbocycles. The van der Waals surface area contributed by atoms with Gasteiger partial charge in [0.2, 0.25) is 0 Å². The number of para-hydroxylation sites is 1. The lowest BCUT2D eigenvalue weighted by Gasteiger charge is -2.13. The zero-order valence-corrected chi connectivity index (χ0v) is 22.0. The van der Waals surface area contributed by atoms with Gasteiger partial charge < -0.3 is 14.8 Å². The highest BCUT2D eigenvalue weighted by atomic mass is 35.5. The lowest BCUT2D eigenvalue weighted by atomic mass is 10.1. The van der Waals surface area contributed by atoms with Crippen molar-refractivity contribution in [2.24, 2.45) is 0 Å². The lowest BCUT2D eigenvalue weighted by molar-refractivity contribution is -0.123. The van der Waals surface area contributed by atoms with Crippen molar-refractivity contribution in [3.05, 3.63) is 92.8 Å². The number of hydrogen-bond donors (Lipinski definition) is 1. The normalized spacial score (nSPS) is 14.2. The Morgan fingerprint density at radius 1 is 0.973 bits per heavy atom.